The predicted octanol–water partition coefficient (Wildman–Crippen LogP) is 4.23. The van der Waals surface area contributed by atoms with Crippen LogP contribution in [0.2, 0.25) is 0 Å². The van der Waals surface area contributed by atoms with Crippen molar-refractivity contribution in [1.82, 2.24) is 15.0 Å². The van der Waals surface area contributed by atoms with Crippen molar-refractivity contribution < 1.29 is 14.3 Å². The van der Waals surface area contributed by atoms with Crippen LogP contribution in [-0.4, -0.2) is 39.1 Å². The van der Waals surface area contributed by atoms with Gasteiger partial charge in [-0.05, 0) is 61.7 Å². The van der Waals surface area contributed by atoms with Crippen LogP contribution in [0.3, 0.4) is 0 Å². The number of primary amides is 1. The molecule has 5 rings (SSSR count). The Morgan fingerprint density at radius 1 is 1.06 bits per heavy atom. The molecule has 1 amide bonds. The lowest BCUT2D eigenvalue weighted by Gasteiger charge is -2.19. The second kappa shape index (κ2) is 9.60. The first-order valence-corrected chi connectivity index (χ1v) is 10.7. The average molecular weight is 445 g/mol. The summed E-state index contributed by atoms with van der Waals surface area (Å²) in [5.74, 6) is -0.111. The topological polar surface area (TPSA) is 105 Å². The SMILES string of the molecule is Cc1ccc2c(N3CCCC3)nc(-c3c(O)cccc3F)nc2c1.NC(=O)c1ccccn1. The van der Waals surface area contributed by atoms with Crippen LogP contribution >= 0.6 is 0 Å². The van der Waals surface area contributed by atoms with Gasteiger partial charge < -0.3 is 15.7 Å². The first-order valence-electron chi connectivity index (χ1n) is 10.7. The number of halogens is 1. The summed E-state index contributed by atoms with van der Waals surface area (Å²) in [6.07, 6.45) is 3.77. The molecule has 168 valence electrons. The van der Waals surface area contributed by atoms with E-state index in [1.165, 1.54) is 24.4 Å². The largest absolute Gasteiger partial charge is 0.507 e. The Labute approximate surface area is 190 Å². The van der Waals surface area contributed by atoms with Gasteiger partial charge in [-0.25, -0.2) is 14.4 Å². The van der Waals surface area contributed by atoms with E-state index in [1.807, 2.05) is 25.1 Å². The average Bonchev–Trinajstić information content (AvgIpc) is 3.34. The molecule has 33 heavy (non-hydrogen) atoms. The van der Waals surface area contributed by atoms with Crippen LogP contribution in [0, 0.1) is 12.7 Å². The zero-order chi connectivity index (χ0) is 23.4. The van der Waals surface area contributed by atoms with Crippen molar-refractivity contribution in [3.8, 4) is 17.1 Å². The number of amides is 1. The van der Waals surface area contributed by atoms with Gasteiger partial charge in [-0.3, -0.25) is 9.78 Å². The van der Waals surface area contributed by atoms with Gasteiger partial charge in [-0.2, -0.15) is 0 Å². The number of anilines is 1. The van der Waals surface area contributed by atoms with Gasteiger partial charge in [0.25, 0.3) is 5.91 Å². The monoisotopic (exact) mass is 445 g/mol. The third-order valence-electron chi connectivity index (χ3n) is 5.37. The van der Waals surface area contributed by atoms with E-state index >= 15 is 0 Å². The molecule has 4 aromatic rings. The molecule has 0 spiro atoms. The second-order valence-electron chi connectivity index (χ2n) is 7.80. The van der Waals surface area contributed by atoms with Gasteiger partial charge in [0.2, 0.25) is 0 Å². The van der Waals surface area contributed by atoms with Crippen molar-refractivity contribution in [2.45, 2.75) is 19.8 Å². The van der Waals surface area contributed by atoms with Gasteiger partial charge in [-0.15, -0.1) is 0 Å². The van der Waals surface area contributed by atoms with Crippen LogP contribution < -0.4 is 10.6 Å². The molecular weight excluding hydrogens is 421 g/mol. The number of carbonyl (C=O) groups excluding carboxylic acids is 1. The fourth-order valence-electron chi connectivity index (χ4n) is 3.75. The van der Waals surface area contributed by atoms with Crippen LogP contribution in [0.15, 0.2) is 60.8 Å². The molecule has 7 nitrogen and oxygen atoms in total. The van der Waals surface area contributed by atoms with E-state index in [2.05, 4.69) is 19.9 Å². The summed E-state index contributed by atoms with van der Waals surface area (Å²) >= 11 is 0. The lowest BCUT2D eigenvalue weighted by Crippen LogP contribution is -2.20. The van der Waals surface area contributed by atoms with E-state index in [1.54, 1.807) is 18.2 Å². The van der Waals surface area contributed by atoms with Gasteiger partial charge in [0.15, 0.2) is 5.82 Å². The highest BCUT2D eigenvalue weighted by atomic mass is 19.1. The number of phenolic OH excluding ortho intramolecular Hbond substituents is 1. The number of hydrogen-bond acceptors (Lipinski definition) is 6. The normalized spacial score (nSPS) is 13.0. The quantitative estimate of drug-likeness (QED) is 0.489. The molecule has 1 fully saturated rings. The molecule has 0 aliphatic carbocycles. The van der Waals surface area contributed by atoms with Crippen LogP contribution in [0.1, 0.15) is 28.9 Å². The number of nitrogens with zero attached hydrogens (tertiary/aromatic N) is 4. The van der Waals surface area contributed by atoms with E-state index in [0.29, 0.717) is 5.69 Å². The lowest BCUT2D eigenvalue weighted by atomic mass is 10.1. The Kier molecular flexibility index (Phi) is 6.44. The van der Waals surface area contributed by atoms with Crippen molar-refractivity contribution in [3.05, 3.63) is 77.9 Å². The van der Waals surface area contributed by atoms with Crippen molar-refractivity contribution in [2.24, 2.45) is 5.73 Å². The molecule has 2 aromatic heterocycles. The second-order valence-corrected chi connectivity index (χ2v) is 7.80. The van der Waals surface area contributed by atoms with E-state index < -0.39 is 11.7 Å². The number of phenols is 1. The number of nitrogens with two attached hydrogens (primary N) is 1. The summed E-state index contributed by atoms with van der Waals surface area (Å²) < 4.78 is 14.3. The van der Waals surface area contributed by atoms with Crippen molar-refractivity contribution >= 4 is 22.6 Å². The molecular formula is C25H24FN5O2. The number of aryl methyl sites for hydroxylation is 1. The summed E-state index contributed by atoms with van der Waals surface area (Å²) in [6, 6.07) is 15.3. The van der Waals surface area contributed by atoms with Gasteiger partial charge in [0.05, 0.1) is 11.1 Å². The zero-order valence-corrected chi connectivity index (χ0v) is 18.2. The number of carbonyl (C=O) groups is 1. The lowest BCUT2D eigenvalue weighted by molar-refractivity contribution is 0.0995. The van der Waals surface area contributed by atoms with E-state index in [-0.39, 0.29) is 17.1 Å². The molecule has 0 radical (unpaired) electrons. The summed E-state index contributed by atoms with van der Waals surface area (Å²) in [4.78, 5) is 25.4. The first-order chi connectivity index (χ1) is 15.9. The van der Waals surface area contributed by atoms with Crippen LogP contribution in [-0.2, 0) is 0 Å². The van der Waals surface area contributed by atoms with Gasteiger partial charge in [-0.1, -0.05) is 18.2 Å². The molecule has 0 saturated carbocycles. The highest BCUT2D eigenvalue weighted by Gasteiger charge is 2.21. The number of pyridine rings is 1. The Balaban J connectivity index is 0.000000243. The van der Waals surface area contributed by atoms with Crippen LogP contribution in [0.25, 0.3) is 22.3 Å². The third-order valence-corrected chi connectivity index (χ3v) is 5.37. The highest BCUT2D eigenvalue weighted by Crippen LogP contribution is 2.34. The van der Waals surface area contributed by atoms with Gasteiger partial charge in [0, 0.05) is 24.7 Å². The number of aromatic nitrogens is 3. The Hall–Kier alpha value is -4.07. The first kappa shape index (κ1) is 22.1. The fourth-order valence-corrected chi connectivity index (χ4v) is 3.75. The smallest absolute Gasteiger partial charge is 0.267 e. The number of benzene rings is 2. The molecule has 0 bridgehead atoms. The molecule has 0 unspecified atom stereocenters. The van der Waals surface area contributed by atoms with E-state index in [0.717, 1.165) is 48.2 Å². The fraction of sp³-hybridized carbons (Fsp3) is 0.200. The zero-order valence-electron chi connectivity index (χ0n) is 18.2. The predicted molar refractivity (Wildman–Crippen MR) is 126 cm³/mol. The minimum Gasteiger partial charge on any atom is -0.507 e. The van der Waals surface area contributed by atoms with Gasteiger partial charge in [0.1, 0.15) is 23.1 Å². The van der Waals surface area contributed by atoms with E-state index in [9.17, 15) is 14.3 Å². The van der Waals surface area contributed by atoms with Crippen LogP contribution in [0.4, 0.5) is 10.2 Å². The van der Waals surface area contributed by atoms with Crippen molar-refractivity contribution in [2.75, 3.05) is 18.0 Å². The molecule has 1 saturated heterocycles. The molecule has 1 aliphatic rings. The Bertz CT molecular complexity index is 1270. The number of hydrogen-bond donors (Lipinski definition) is 2. The summed E-state index contributed by atoms with van der Waals surface area (Å²) in [5, 5.41) is 11.1. The number of aromatic hydroxyl groups is 1. The maximum atomic E-state index is 14.3. The number of rotatable bonds is 3. The molecule has 0 atom stereocenters. The van der Waals surface area contributed by atoms with Crippen molar-refractivity contribution in [3.63, 3.8) is 0 Å². The molecule has 3 heterocycles. The Morgan fingerprint density at radius 3 is 2.48 bits per heavy atom. The Morgan fingerprint density at radius 2 is 1.85 bits per heavy atom. The standard InChI is InChI=1S/C19H18FN3O.C6H6N2O/c1-12-7-8-13-15(11-12)21-18(17-14(20)5-4-6-16(17)24)22-19(13)23-9-2-3-10-23;7-6(9)5-3-1-2-4-8-5/h4-8,11,24H,2-3,9-10H2,1H3;1-4H,(H2,7,9). The van der Waals surface area contributed by atoms with Crippen LogP contribution in [0.5, 0.6) is 5.75 Å². The number of fused-ring (bicyclic) bond motifs is 1. The molecule has 2 aromatic carbocycles. The molecule has 3 N–H and O–H groups in total. The minimum absolute atomic E-state index is 0.0568. The third kappa shape index (κ3) is 4.90. The minimum atomic E-state index is -0.519. The van der Waals surface area contributed by atoms with E-state index in [4.69, 9.17) is 5.73 Å². The maximum absolute atomic E-state index is 14.3. The molecule has 8 heteroatoms. The summed E-state index contributed by atoms with van der Waals surface area (Å²) in [6.45, 7) is 3.86. The summed E-state index contributed by atoms with van der Waals surface area (Å²) in [7, 11) is 0. The van der Waals surface area contributed by atoms with Crippen molar-refractivity contribution in [1.29, 1.82) is 0 Å². The highest BCUT2D eigenvalue weighted by molar-refractivity contribution is 5.92. The summed E-state index contributed by atoms with van der Waals surface area (Å²) in [5.41, 5.74) is 7.12. The maximum Gasteiger partial charge on any atom is 0.267 e. The molecule has 1 aliphatic heterocycles. The van der Waals surface area contributed by atoms with Gasteiger partial charge >= 0.3 is 0 Å².